The molecule has 0 spiro atoms. The molecule has 0 unspecified atom stereocenters. The Kier molecular flexibility index (Phi) is 7.16. The van der Waals surface area contributed by atoms with Gasteiger partial charge in [-0.2, -0.15) is 0 Å². The van der Waals surface area contributed by atoms with Crippen molar-refractivity contribution >= 4 is 17.5 Å². The average molecular weight is 339 g/mol. The van der Waals surface area contributed by atoms with E-state index in [9.17, 15) is 9.59 Å². The summed E-state index contributed by atoms with van der Waals surface area (Å²) in [5, 5.41) is 8.81. The van der Waals surface area contributed by atoms with E-state index in [4.69, 9.17) is 0 Å². The van der Waals surface area contributed by atoms with Crippen molar-refractivity contribution in [2.24, 2.45) is 0 Å². The van der Waals surface area contributed by atoms with E-state index >= 15 is 0 Å². The Balaban J connectivity index is 2.12. The summed E-state index contributed by atoms with van der Waals surface area (Å²) in [6.45, 7) is 3.44. The Hall–Kier alpha value is -2.66. The van der Waals surface area contributed by atoms with Gasteiger partial charge in [-0.15, -0.1) is 0 Å². The minimum absolute atomic E-state index is 0.132. The molecule has 2 rings (SSSR count). The lowest BCUT2D eigenvalue weighted by molar-refractivity contribution is 0.0952. The number of anilines is 1. The largest absolute Gasteiger partial charge is 0.352 e. The van der Waals surface area contributed by atoms with E-state index in [1.165, 1.54) is 0 Å². The number of hydrogen-bond donors (Lipinski definition) is 3. The highest BCUT2D eigenvalue weighted by atomic mass is 16.2. The highest BCUT2D eigenvalue weighted by Crippen LogP contribution is 2.15. The van der Waals surface area contributed by atoms with Gasteiger partial charge in [-0.05, 0) is 56.3 Å². The van der Waals surface area contributed by atoms with Crippen molar-refractivity contribution < 1.29 is 9.59 Å². The van der Waals surface area contributed by atoms with Gasteiger partial charge in [0.15, 0.2) is 0 Å². The minimum atomic E-state index is -0.169. The van der Waals surface area contributed by atoms with Gasteiger partial charge in [-0.25, -0.2) is 0 Å². The molecule has 0 aliphatic rings. The lowest BCUT2D eigenvalue weighted by atomic mass is 10.0. The molecule has 0 aliphatic carbocycles. The maximum Gasteiger partial charge on any atom is 0.255 e. The first-order chi connectivity index (χ1) is 12.2. The molecule has 5 heteroatoms. The fourth-order valence-corrected chi connectivity index (χ4v) is 2.50. The predicted octanol–water partition coefficient (Wildman–Crippen LogP) is 2.84. The second kappa shape index (κ2) is 9.59. The SMILES string of the molecule is CCCNC(=O)c1cccc(NC(=O)c2ccccc2CCNC)c1. The topological polar surface area (TPSA) is 70.2 Å². The number of rotatable bonds is 8. The van der Waals surface area contributed by atoms with Crippen molar-refractivity contribution in [3.8, 4) is 0 Å². The summed E-state index contributed by atoms with van der Waals surface area (Å²) in [4.78, 5) is 24.7. The average Bonchev–Trinajstić information content (AvgIpc) is 2.64. The van der Waals surface area contributed by atoms with Crippen LogP contribution >= 0.6 is 0 Å². The summed E-state index contributed by atoms with van der Waals surface area (Å²) in [5.41, 5.74) is 2.79. The van der Waals surface area contributed by atoms with Crippen molar-refractivity contribution in [2.75, 3.05) is 25.5 Å². The highest BCUT2D eigenvalue weighted by Gasteiger charge is 2.12. The maximum absolute atomic E-state index is 12.6. The molecule has 2 aromatic carbocycles. The van der Waals surface area contributed by atoms with Crippen LogP contribution in [-0.4, -0.2) is 32.0 Å². The molecular weight excluding hydrogens is 314 g/mol. The molecule has 0 heterocycles. The zero-order chi connectivity index (χ0) is 18.1. The monoisotopic (exact) mass is 339 g/mol. The Morgan fingerprint density at radius 1 is 0.960 bits per heavy atom. The summed E-state index contributed by atoms with van der Waals surface area (Å²) in [6.07, 6.45) is 1.66. The van der Waals surface area contributed by atoms with Gasteiger partial charge in [0.1, 0.15) is 0 Å². The van der Waals surface area contributed by atoms with E-state index in [0.29, 0.717) is 23.4 Å². The molecule has 0 atom stereocenters. The summed E-state index contributed by atoms with van der Waals surface area (Å²) in [5.74, 6) is -0.301. The predicted molar refractivity (Wildman–Crippen MR) is 101 cm³/mol. The summed E-state index contributed by atoms with van der Waals surface area (Å²) in [7, 11) is 1.89. The van der Waals surface area contributed by atoms with E-state index in [1.54, 1.807) is 24.3 Å². The standard InChI is InChI=1S/C20H25N3O2/c1-3-12-22-19(24)16-8-6-9-17(14-16)23-20(25)18-10-5-4-7-15(18)11-13-21-2/h4-10,14,21H,3,11-13H2,1-2H3,(H,22,24)(H,23,25). The summed E-state index contributed by atoms with van der Waals surface area (Å²) >= 11 is 0. The van der Waals surface area contributed by atoms with Crippen LogP contribution in [0, 0.1) is 0 Å². The van der Waals surface area contributed by atoms with Crippen LogP contribution in [0.4, 0.5) is 5.69 Å². The van der Waals surface area contributed by atoms with Gasteiger partial charge in [0.05, 0.1) is 0 Å². The van der Waals surface area contributed by atoms with Gasteiger partial charge < -0.3 is 16.0 Å². The van der Waals surface area contributed by atoms with Crippen LogP contribution in [0.5, 0.6) is 0 Å². The van der Waals surface area contributed by atoms with Crippen LogP contribution in [0.3, 0.4) is 0 Å². The molecule has 0 fully saturated rings. The fourth-order valence-electron chi connectivity index (χ4n) is 2.50. The molecule has 0 saturated heterocycles. The molecule has 2 amide bonds. The number of nitrogens with one attached hydrogen (secondary N) is 3. The lowest BCUT2D eigenvalue weighted by Crippen LogP contribution is -2.24. The van der Waals surface area contributed by atoms with Gasteiger partial charge in [0.25, 0.3) is 11.8 Å². The molecule has 2 aromatic rings. The fraction of sp³-hybridized carbons (Fsp3) is 0.300. The molecule has 0 aromatic heterocycles. The van der Waals surface area contributed by atoms with Crippen LogP contribution in [-0.2, 0) is 6.42 Å². The van der Waals surface area contributed by atoms with E-state index < -0.39 is 0 Å². The zero-order valence-electron chi connectivity index (χ0n) is 14.8. The quantitative estimate of drug-likeness (QED) is 0.693. The van der Waals surface area contributed by atoms with Crippen LogP contribution in [0.2, 0.25) is 0 Å². The van der Waals surface area contributed by atoms with Crippen LogP contribution in [0.1, 0.15) is 39.6 Å². The molecule has 0 saturated carbocycles. The maximum atomic E-state index is 12.6. The van der Waals surface area contributed by atoms with E-state index in [1.807, 2.05) is 38.2 Å². The number of amides is 2. The summed E-state index contributed by atoms with van der Waals surface area (Å²) < 4.78 is 0. The van der Waals surface area contributed by atoms with E-state index in [0.717, 1.165) is 24.9 Å². The first-order valence-corrected chi connectivity index (χ1v) is 8.57. The third-order valence-corrected chi connectivity index (χ3v) is 3.82. The summed E-state index contributed by atoms with van der Waals surface area (Å²) in [6, 6.07) is 14.5. The number of carbonyl (C=O) groups is 2. The highest BCUT2D eigenvalue weighted by molar-refractivity contribution is 6.06. The van der Waals surface area contributed by atoms with Crippen LogP contribution in [0.15, 0.2) is 48.5 Å². The van der Waals surface area contributed by atoms with Crippen molar-refractivity contribution in [1.82, 2.24) is 10.6 Å². The molecular formula is C20H25N3O2. The molecule has 0 bridgehead atoms. The molecule has 0 radical (unpaired) electrons. The number of carbonyl (C=O) groups excluding carboxylic acids is 2. The number of benzene rings is 2. The Bertz CT molecular complexity index is 728. The molecule has 0 aliphatic heterocycles. The first-order valence-electron chi connectivity index (χ1n) is 8.57. The van der Waals surface area contributed by atoms with Crippen molar-refractivity contribution in [1.29, 1.82) is 0 Å². The van der Waals surface area contributed by atoms with Gasteiger partial charge in [-0.1, -0.05) is 31.2 Å². The van der Waals surface area contributed by atoms with Crippen molar-refractivity contribution in [3.63, 3.8) is 0 Å². The van der Waals surface area contributed by atoms with Gasteiger partial charge in [0, 0.05) is 23.4 Å². The lowest BCUT2D eigenvalue weighted by Gasteiger charge is -2.11. The zero-order valence-corrected chi connectivity index (χ0v) is 14.8. The van der Waals surface area contributed by atoms with Crippen LogP contribution in [0.25, 0.3) is 0 Å². The van der Waals surface area contributed by atoms with Gasteiger partial charge in [-0.3, -0.25) is 9.59 Å². The Morgan fingerprint density at radius 3 is 2.52 bits per heavy atom. The van der Waals surface area contributed by atoms with Gasteiger partial charge >= 0.3 is 0 Å². The first kappa shape index (κ1) is 18.7. The van der Waals surface area contributed by atoms with E-state index in [2.05, 4.69) is 16.0 Å². The Labute approximate surface area is 148 Å². The second-order valence-corrected chi connectivity index (χ2v) is 5.80. The smallest absolute Gasteiger partial charge is 0.255 e. The third kappa shape index (κ3) is 5.43. The number of likely N-dealkylation sites (N-methyl/N-ethyl adjacent to an activating group) is 1. The van der Waals surface area contributed by atoms with Crippen LogP contribution < -0.4 is 16.0 Å². The van der Waals surface area contributed by atoms with Crippen molar-refractivity contribution in [2.45, 2.75) is 19.8 Å². The minimum Gasteiger partial charge on any atom is -0.352 e. The molecule has 132 valence electrons. The van der Waals surface area contributed by atoms with E-state index in [-0.39, 0.29) is 11.8 Å². The second-order valence-electron chi connectivity index (χ2n) is 5.80. The third-order valence-electron chi connectivity index (χ3n) is 3.82. The Morgan fingerprint density at radius 2 is 1.76 bits per heavy atom. The van der Waals surface area contributed by atoms with Crippen molar-refractivity contribution in [3.05, 3.63) is 65.2 Å². The number of hydrogen-bond acceptors (Lipinski definition) is 3. The normalized spacial score (nSPS) is 10.3. The van der Waals surface area contributed by atoms with Gasteiger partial charge in [0.2, 0.25) is 0 Å². The molecule has 3 N–H and O–H groups in total. The molecule has 25 heavy (non-hydrogen) atoms. The molecule has 5 nitrogen and oxygen atoms in total.